The normalized spacial score (nSPS) is 12.4. The van der Waals surface area contributed by atoms with Gasteiger partial charge in [-0.2, -0.15) is 0 Å². The standard InChI is InChI=1S/C17H17N3O3/c1-2-15(21)13-8-14(20-10-19-13)17(22)18-9-11-3-4-16-12(7-11)5-6-23-16/h3-4,7-8,10H,2,5-6,9H2,1H3,(H,18,22). The maximum Gasteiger partial charge on any atom is 0.270 e. The van der Waals surface area contributed by atoms with Crippen LogP contribution in [0.25, 0.3) is 0 Å². The van der Waals surface area contributed by atoms with Crippen molar-refractivity contribution in [1.29, 1.82) is 0 Å². The van der Waals surface area contributed by atoms with E-state index in [1.807, 2.05) is 18.2 Å². The van der Waals surface area contributed by atoms with Gasteiger partial charge in [0.15, 0.2) is 5.78 Å². The number of benzene rings is 1. The number of fused-ring (bicyclic) bond motifs is 1. The lowest BCUT2D eigenvalue weighted by Gasteiger charge is -2.07. The van der Waals surface area contributed by atoms with Gasteiger partial charge in [-0.1, -0.05) is 19.1 Å². The van der Waals surface area contributed by atoms with Crippen molar-refractivity contribution in [2.75, 3.05) is 6.61 Å². The zero-order chi connectivity index (χ0) is 16.2. The molecule has 2 aromatic rings. The van der Waals surface area contributed by atoms with Crippen LogP contribution in [0.2, 0.25) is 0 Å². The largest absolute Gasteiger partial charge is 0.493 e. The van der Waals surface area contributed by atoms with Crippen molar-refractivity contribution in [3.63, 3.8) is 0 Å². The Kier molecular flexibility index (Phi) is 4.32. The highest BCUT2D eigenvalue weighted by Gasteiger charge is 2.14. The fourth-order valence-electron chi connectivity index (χ4n) is 2.44. The summed E-state index contributed by atoms with van der Waals surface area (Å²) in [7, 11) is 0. The van der Waals surface area contributed by atoms with Crippen LogP contribution in [0.3, 0.4) is 0 Å². The Morgan fingerprint density at radius 1 is 1.22 bits per heavy atom. The molecule has 1 aromatic heterocycles. The van der Waals surface area contributed by atoms with Crippen molar-refractivity contribution in [2.45, 2.75) is 26.3 Å². The molecule has 0 spiro atoms. The van der Waals surface area contributed by atoms with Crippen molar-refractivity contribution >= 4 is 11.7 Å². The zero-order valence-corrected chi connectivity index (χ0v) is 12.8. The molecule has 0 saturated heterocycles. The van der Waals surface area contributed by atoms with Gasteiger partial charge in [-0.15, -0.1) is 0 Å². The third-order valence-electron chi connectivity index (χ3n) is 3.71. The number of aromatic nitrogens is 2. The van der Waals surface area contributed by atoms with Gasteiger partial charge in [0.2, 0.25) is 0 Å². The lowest BCUT2D eigenvalue weighted by Crippen LogP contribution is -2.24. The Morgan fingerprint density at radius 2 is 2.04 bits per heavy atom. The lowest BCUT2D eigenvalue weighted by atomic mass is 10.1. The second-order valence-corrected chi connectivity index (χ2v) is 5.29. The molecule has 1 aromatic carbocycles. The summed E-state index contributed by atoms with van der Waals surface area (Å²) in [4.78, 5) is 31.6. The van der Waals surface area contributed by atoms with E-state index in [0.29, 0.717) is 19.6 Å². The van der Waals surface area contributed by atoms with Gasteiger partial charge in [0.1, 0.15) is 23.5 Å². The Morgan fingerprint density at radius 3 is 2.87 bits per heavy atom. The Labute approximate surface area is 133 Å². The van der Waals surface area contributed by atoms with Gasteiger partial charge in [-0.25, -0.2) is 9.97 Å². The van der Waals surface area contributed by atoms with Gasteiger partial charge in [0.05, 0.1) is 6.61 Å². The highest BCUT2D eigenvalue weighted by molar-refractivity contribution is 5.98. The van der Waals surface area contributed by atoms with Gasteiger partial charge in [-0.05, 0) is 23.3 Å². The quantitative estimate of drug-likeness (QED) is 0.853. The molecular weight excluding hydrogens is 294 g/mol. The van der Waals surface area contributed by atoms with Crippen LogP contribution in [0.1, 0.15) is 45.4 Å². The lowest BCUT2D eigenvalue weighted by molar-refractivity contribution is 0.0945. The van der Waals surface area contributed by atoms with E-state index in [2.05, 4.69) is 15.3 Å². The Bertz CT molecular complexity index is 758. The first-order valence-corrected chi connectivity index (χ1v) is 7.55. The number of nitrogens with zero attached hydrogens (tertiary/aromatic N) is 2. The van der Waals surface area contributed by atoms with Crippen LogP contribution >= 0.6 is 0 Å². The molecule has 0 saturated carbocycles. The molecule has 6 nitrogen and oxygen atoms in total. The van der Waals surface area contributed by atoms with Crippen LogP contribution < -0.4 is 10.1 Å². The van der Waals surface area contributed by atoms with Crippen LogP contribution in [0.15, 0.2) is 30.6 Å². The first kappa shape index (κ1) is 15.1. The van der Waals surface area contributed by atoms with Gasteiger partial charge in [0.25, 0.3) is 5.91 Å². The van der Waals surface area contributed by atoms with E-state index in [-0.39, 0.29) is 23.1 Å². The smallest absolute Gasteiger partial charge is 0.270 e. The van der Waals surface area contributed by atoms with E-state index in [1.165, 1.54) is 12.4 Å². The minimum absolute atomic E-state index is 0.111. The average molecular weight is 311 g/mol. The number of nitrogens with one attached hydrogen (secondary N) is 1. The highest BCUT2D eigenvalue weighted by atomic mass is 16.5. The van der Waals surface area contributed by atoms with Crippen LogP contribution in [0.4, 0.5) is 0 Å². The summed E-state index contributed by atoms with van der Waals surface area (Å²) < 4.78 is 5.46. The van der Waals surface area contributed by atoms with E-state index in [0.717, 1.165) is 23.3 Å². The van der Waals surface area contributed by atoms with Crippen LogP contribution in [0.5, 0.6) is 5.75 Å². The molecule has 0 bridgehead atoms. The summed E-state index contributed by atoms with van der Waals surface area (Å²) in [6, 6.07) is 7.31. The monoisotopic (exact) mass is 311 g/mol. The number of carbonyl (C=O) groups is 2. The summed E-state index contributed by atoms with van der Waals surface area (Å²) in [5.74, 6) is 0.480. The van der Waals surface area contributed by atoms with Gasteiger partial charge in [0, 0.05) is 19.4 Å². The van der Waals surface area contributed by atoms with Crippen LogP contribution in [-0.2, 0) is 13.0 Å². The molecule has 3 rings (SSSR count). The van der Waals surface area contributed by atoms with Crippen molar-refractivity contribution in [2.24, 2.45) is 0 Å². The average Bonchev–Trinajstić information content (AvgIpc) is 3.06. The van der Waals surface area contributed by atoms with Gasteiger partial charge >= 0.3 is 0 Å². The number of hydrogen-bond donors (Lipinski definition) is 1. The molecule has 6 heteroatoms. The highest BCUT2D eigenvalue weighted by Crippen LogP contribution is 2.25. The number of rotatable bonds is 5. The van der Waals surface area contributed by atoms with Crippen molar-refractivity contribution in [1.82, 2.24) is 15.3 Å². The molecule has 0 radical (unpaired) electrons. The Hall–Kier alpha value is -2.76. The number of Topliss-reactive ketones (excluding diaryl/α,β-unsaturated/α-hetero) is 1. The predicted octanol–water partition coefficient (Wildman–Crippen LogP) is 1.93. The van der Waals surface area contributed by atoms with E-state index < -0.39 is 0 Å². The number of amides is 1. The van der Waals surface area contributed by atoms with E-state index in [1.54, 1.807) is 6.92 Å². The number of ketones is 1. The first-order valence-electron chi connectivity index (χ1n) is 7.55. The molecule has 0 fully saturated rings. The topological polar surface area (TPSA) is 81.2 Å². The van der Waals surface area contributed by atoms with Crippen molar-refractivity contribution < 1.29 is 14.3 Å². The van der Waals surface area contributed by atoms with Crippen LogP contribution in [-0.4, -0.2) is 28.3 Å². The summed E-state index contributed by atoms with van der Waals surface area (Å²) in [5.41, 5.74) is 2.62. The number of carbonyl (C=O) groups excluding carboxylic acids is 2. The number of hydrogen-bond acceptors (Lipinski definition) is 5. The molecule has 0 unspecified atom stereocenters. The summed E-state index contributed by atoms with van der Waals surface area (Å²) in [6.07, 6.45) is 2.48. The van der Waals surface area contributed by atoms with E-state index >= 15 is 0 Å². The molecule has 23 heavy (non-hydrogen) atoms. The molecule has 1 amide bonds. The first-order chi connectivity index (χ1) is 11.2. The van der Waals surface area contributed by atoms with E-state index in [4.69, 9.17) is 4.74 Å². The van der Waals surface area contributed by atoms with Crippen molar-refractivity contribution in [3.05, 3.63) is 53.1 Å². The molecule has 0 aliphatic carbocycles. The predicted molar refractivity (Wildman–Crippen MR) is 83.5 cm³/mol. The minimum Gasteiger partial charge on any atom is -0.493 e. The second kappa shape index (κ2) is 6.56. The van der Waals surface area contributed by atoms with Crippen molar-refractivity contribution in [3.8, 4) is 5.75 Å². The molecule has 0 atom stereocenters. The third-order valence-corrected chi connectivity index (χ3v) is 3.71. The van der Waals surface area contributed by atoms with Gasteiger partial charge in [-0.3, -0.25) is 9.59 Å². The Balaban J connectivity index is 1.66. The van der Waals surface area contributed by atoms with E-state index in [9.17, 15) is 9.59 Å². The SMILES string of the molecule is CCC(=O)c1cc(C(=O)NCc2ccc3c(c2)CCO3)ncn1. The fourth-order valence-corrected chi connectivity index (χ4v) is 2.44. The summed E-state index contributed by atoms with van der Waals surface area (Å²) in [5, 5.41) is 2.81. The fraction of sp³-hybridized carbons (Fsp3) is 0.294. The molecule has 2 heterocycles. The minimum atomic E-state index is -0.325. The maximum absolute atomic E-state index is 12.2. The molecular formula is C17H17N3O3. The third kappa shape index (κ3) is 3.36. The maximum atomic E-state index is 12.2. The summed E-state index contributed by atoms with van der Waals surface area (Å²) >= 11 is 0. The zero-order valence-electron chi connectivity index (χ0n) is 12.8. The summed E-state index contributed by atoms with van der Waals surface area (Å²) in [6.45, 7) is 2.86. The molecule has 1 aliphatic heterocycles. The molecule has 118 valence electrons. The second-order valence-electron chi connectivity index (χ2n) is 5.29. The molecule has 1 aliphatic rings. The number of ether oxygens (including phenoxy) is 1. The van der Waals surface area contributed by atoms with Gasteiger partial charge < -0.3 is 10.1 Å². The molecule has 1 N–H and O–H groups in total. The van der Waals surface area contributed by atoms with Crippen LogP contribution in [0, 0.1) is 0 Å².